The second-order valence-electron chi connectivity index (χ2n) is 7.25. The predicted octanol–water partition coefficient (Wildman–Crippen LogP) is 3.56. The molecule has 0 saturated carbocycles. The Morgan fingerprint density at radius 2 is 1.72 bits per heavy atom. The molecule has 0 spiro atoms. The van der Waals surface area contributed by atoms with Gasteiger partial charge in [-0.15, -0.1) is 0 Å². The molecule has 0 aliphatic carbocycles. The van der Waals surface area contributed by atoms with E-state index in [4.69, 9.17) is 11.6 Å². The molecule has 134 valence electrons. The van der Waals surface area contributed by atoms with E-state index in [1.807, 2.05) is 37.2 Å². The number of anilines is 1. The number of benzene rings is 2. The van der Waals surface area contributed by atoms with Crippen LogP contribution in [0.4, 0.5) is 11.4 Å². The van der Waals surface area contributed by atoms with Gasteiger partial charge in [0.25, 0.3) is 0 Å². The number of likely N-dealkylation sites (N-methyl/N-ethyl adjacent to an activating group) is 1. The molecular formula is C20H27ClN3O+. The second kappa shape index (κ2) is 7.24. The van der Waals surface area contributed by atoms with Gasteiger partial charge in [-0.05, 0) is 37.4 Å². The van der Waals surface area contributed by atoms with E-state index in [0.717, 1.165) is 47.9 Å². The maximum atomic E-state index is 10.1. The van der Waals surface area contributed by atoms with E-state index in [9.17, 15) is 5.11 Å². The van der Waals surface area contributed by atoms with Crippen LogP contribution in [-0.2, 0) is 6.54 Å². The average Bonchev–Trinajstić information content (AvgIpc) is 2.59. The summed E-state index contributed by atoms with van der Waals surface area (Å²) in [6, 6.07) is 14.2. The third-order valence-electron chi connectivity index (χ3n) is 5.20. The van der Waals surface area contributed by atoms with Gasteiger partial charge in [0.15, 0.2) is 0 Å². The number of rotatable bonds is 4. The van der Waals surface area contributed by atoms with Crippen molar-refractivity contribution in [3.05, 3.63) is 53.1 Å². The summed E-state index contributed by atoms with van der Waals surface area (Å²) in [6.45, 7) is 5.19. The maximum absolute atomic E-state index is 10.1. The first-order valence-corrected chi connectivity index (χ1v) is 9.07. The molecule has 5 heteroatoms. The van der Waals surface area contributed by atoms with Crippen molar-refractivity contribution in [1.82, 2.24) is 9.38 Å². The van der Waals surface area contributed by atoms with Gasteiger partial charge < -0.3 is 10.0 Å². The predicted molar refractivity (Wildman–Crippen MR) is 107 cm³/mol. The first-order valence-electron chi connectivity index (χ1n) is 8.70. The smallest absolute Gasteiger partial charge is 0.138 e. The van der Waals surface area contributed by atoms with Crippen LogP contribution < -0.4 is 9.38 Å². The summed E-state index contributed by atoms with van der Waals surface area (Å²) in [6.07, 6.45) is 0. The average molecular weight is 361 g/mol. The minimum absolute atomic E-state index is 0.324. The third kappa shape index (κ3) is 3.92. The Kier molecular flexibility index (Phi) is 5.23. The van der Waals surface area contributed by atoms with Crippen LogP contribution in [0, 0.1) is 0 Å². The molecule has 2 aromatic carbocycles. The Bertz CT molecular complexity index is 722. The highest BCUT2D eigenvalue weighted by Gasteiger charge is 2.34. The maximum Gasteiger partial charge on any atom is 0.138 e. The van der Waals surface area contributed by atoms with Crippen molar-refractivity contribution in [2.75, 3.05) is 52.2 Å². The molecule has 2 aromatic rings. The number of halogens is 1. The van der Waals surface area contributed by atoms with Crippen LogP contribution in [0.2, 0.25) is 5.02 Å². The molecule has 0 unspecified atom stereocenters. The van der Waals surface area contributed by atoms with Gasteiger partial charge in [-0.2, -0.15) is 0 Å². The Labute approximate surface area is 155 Å². The van der Waals surface area contributed by atoms with Gasteiger partial charge in [-0.1, -0.05) is 11.6 Å². The Hall–Kier alpha value is -1.75. The zero-order valence-electron chi connectivity index (χ0n) is 15.2. The van der Waals surface area contributed by atoms with E-state index < -0.39 is 0 Å². The molecule has 1 aliphatic heterocycles. The Morgan fingerprint density at radius 1 is 1.08 bits per heavy atom. The van der Waals surface area contributed by atoms with E-state index in [-0.39, 0.29) is 0 Å². The van der Waals surface area contributed by atoms with Crippen molar-refractivity contribution < 1.29 is 5.11 Å². The van der Waals surface area contributed by atoms with Crippen molar-refractivity contribution in [2.45, 2.75) is 6.54 Å². The first-order chi connectivity index (χ1) is 11.9. The molecule has 1 saturated heterocycles. The zero-order valence-corrected chi connectivity index (χ0v) is 16.0. The highest BCUT2D eigenvalue weighted by molar-refractivity contribution is 6.30. The van der Waals surface area contributed by atoms with Gasteiger partial charge in [0.2, 0.25) is 0 Å². The molecule has 4 nitrogen and oxygen atoms in total. The number of quaternary nitrogens is 1. The molecule has 1 aliphatic rings. The van der Waals surface area contributed by atoms with Crippen LogP contribution in [0.5, 0.6) is 5.75 Å². The van der Waals surface area contributed by atoms with Crippen LogP contribution in [0.25, 0.3) is 0 Å². The number of hydrogen-bond donors (Lipinski definition) is 1. The number of nitrogens with zero attached hydrogens (tertiary/aromatic N) is 3. The lowest BCUT2D eigenvalue weighted by molar-refractivity contribution is 0.150. The van der Waals surface area contributed by atoms with Crippen LogP contribution in [-0.4, -0.2) is 57.3 Å². The van der Waals surface area contributed by atoms with Gasteiger partial charge in [-0.25, -0.2) is 0 Å². The largest absolute Gasteiger partial charge is 0.506 e. The van der Waals surface area contributed by atoms with E-state index in [0.29, 0.717) is 5.75 Å². The fourth-order valence-electron chi connectivity index (χ4n) is 3.59. The molecule has 1 N–H and O–H groups in total. The van der Waals surface area contributed by atoms with Crippen LogP contribution >= 0.6 is 11.6 Å². The van der Waals surface area contributed by atoms with Gasteiger partial charge in [0.05, 0.1) is 18.8 Å². The molecule has 3 rings (SSSR count). The molecular weight excluding hydrogens is 334 g/mol. The van der Waals surface area contributed by atoms with E-state index in [1.165, 1.54) is 11.3 Å². The van der Waals surface area contributed by atoms with Crippen molar-refractivity contribution in [3.8, 4) is 5.75 Å². The summed E-state index contributed by atoms with van der Waals surface area (Å²) in [5, 5.41) is 10.9. The van der Waals surface area contributed by atoms with Gasteiger partial charge in [0.1, 0.15) is 18.0 Å². The lowest BCUT2D eigenvalue weighted by Crippen LogP contribution is -2.59. The van der Waals surface area contributed by atoms with Gasteiger partial charge >= 0.3 is 0 Å². The molecule has 0 bridgehead atoms. The highest BCUT2D eigenvalue weighted by atomic mass is 35.5. The molecule has 1 heterocycles. The molecule has 0 aromatic heterocycles. The van der Waals surface area contributed by atoms with Crippen molar-refractivity contribution >= 4 is 23.0 Å². The zero-order chi connectivity index (χ0) is 18.0. The van der Waals surface area contributed by atoms with Crippen molar-refractivity contribution in [3.63, 3.8) is 0 Å². The Balaban J connectivity index is 1.96. The van der Waals surface area contributed by atoms with Crippen LogP contribution in [0.15, 0.2) is 42.5 Å². The van der Waals surface area contributed by atoms with E-state index >= 15 is 0 Å². The number of hydrogen-bond acceptors (Lipinski definition) is 3. The topological polar surface area (TPSA) is 26.7 Å². The molecule has 1 fully saturated rings. The highest BCUT2D eigenvalue weighted by Crippen LogP contribution is 2.32. The minimum atomic E-state index is 0.324. The summed E-state index contributed by atoms with van der Waals surface area (Å²) < 4.78 is 0.916. The number of phenolic OH excluding ortho intramolecular Hbond substituents is 1. The lowest BCUT2D eigenvalue weighted by atomic mass is 10.1. The van der Waals surface area contributed by atoms with E-state index in [2.05, 4.69) is 30.1 Å². The third-order valence-corrected chi connectivity index (χ3v) is 5.45. The second-order valence-corrected chi connectivity index (χ2v) is 7.68. The summed E-state index contributed by atoms with van der Waals surface area (Å²) in [7, 11) is 6.09. The fourth-order valence-corrected chi connectivity index (χ4v) is 3.71. The summed E-state index contributed by atoms with van der Waals surface area (Å²) in [5.41, 5.74) is 3.40. The summed E-state index contributed by atoms with van der Waals surface area (Å²) >= 11 is 6.10. The van der Waals surface area contributed by atoms with Crippen LogP contribution in [0.1, 0.15) is 5.56 Å². The summed E-state index contributed by atoms with van der Waals surface area (Å²) in [5.74, 6) is 0.324. The molecule has 25 heavy (non-hydrogen) atoms. The Morgan fingerprint density at radius 3 is 2.32 bits per heavy atom. The normalized spacial score (nSPS) is 17.4. The molecule has 0 amide bonds. The number of aromatic hydroxyl groups is 1. The quantitative estimate of drug-likeness (QED) is 0.844. The minimum Gasteiger partial charge on any atom is -0.506 e. The van der Waals surface area contributed by atoms with Crippen LogP contribution in [0.3, 0.4) is 0 Å². The van der Waals surface area contributed by atoms with Gasteiger partial charge in [0, 0.05) is 49.9 Å². The monoisotopic (exact) mass is 360 g/mol. The molecule has 0 radical (unpaired) electrons. The lowest BCUT2D eigenvalue weighted by Gasteiger charge is -2.44. The van der Waals surface area contributed by atoms with Crippen molar-refractivity contribution in [1.29, 1.82) is 0 Å². The fraction of sp³-hybridized carbons (Fsp3) is 0.400. The SMILES string of the molecule is CN1CC[N+](Cc2ccc(O)c(N(C)C)c2)(c2ccc(Cl)cc2)CC1. The molecule has 0 atom stereocenters. The van der Waals surface area contributed by atoms with Crippen molar-refractivity contribution in [2.24, 2.45) is 0 Å². The standard InChI is InChI=1S/C20H26ClN3O/c1-22(2)19-14-16(4-9-20(19)25)15-24(12-10-23(3)11-13-24)18-7-5-17(21)6-8-18/h4-9,14H,10-13,15H2,1-3H3/p+1. The van der Waals surface area contributed by atoms with E-state index in [1.54, 1.807) is 6.07 Å². The number of phenols is 1. The van der Waals surface area contributed by atoms with Gasteiger partial charge in [-0.3, -0.25) is 9.38 Å². The number of piperazine rings is 1. The first kappa shape index (κ1) is 18.1. The summed E-state index contributed by atoms with van der Waals surface area (Å²) in [4.78, 5) is 4.34.